The maximum Gasteiger partial charge on any atom is 0.418 e. The minimum absolute atomic E-state index is 0.0930. The van der Waals surface area contributed by atoms with E-state index in [1.807, 2.05) is 6.07 Å². The quantitative estimate of drug-likeness (QED) is 0.390. The van der Waals surface area contributed by atoms with Crippen LogP contribution >= 0.6 is 0 Å². The summed E-state index contributed by atoms with van der Waals surface area (Å²) in [6.45, 7) is 0. The Morgan fingerprint density at radius 3 is 2.28 bits per heavy atom. The molecular weight excluding hydrogens is 437 g/mol. The molecule has 1 heterocycles. The highest BCUT2D eigenvalue weighted by atomic mass is 32.2. The summed E-state index contributed by atoms with van der Waals surface area (Å²) in [5.74, 6) is 0. The molecular formula is C24H15F3N2O2S. The first-order chi connectivity index (χ1) is 15.1. The first-order valence-electron chi connectivity index (χ1n) is 9.40. The topological polar surface area (TPSA) is 70.8 Å². The molecule has 0 unspecified atom stereocenters. The fourth-order valence-electron chi connectivity index (χ4n) is 3.60. The molecule has 4 rings (SSSR count). The minimum atomic E-state index is -4.60. The molecule has 0 fully saturated rings. The fourth-order valence-corrected chi connectivity index (χ4v) is 4.51. The molecule has 0 N–H and O–H groups in total. The van der Waals surface area contributed by atoms with Gasteiger partial charge in [-0.05, 0) is 29.8 Å². The van der Waals surface area contributed by atoms with Gasteiger partial charge in [-0.15, -0.1) is 0 Å². The molecule has 32 heavy (non-hydrogen) atoms. The van der Waals surface area contributed by atoms with Gasteiger partial charge in [-0.2, -0.15) is 18.4 Å². The normalized spacial score (nSPS) is 12.0. The van der Waals surface area contributed by atoms with Crippen molar-refractivity contribution in [1.82, 2.24) is 4.98 Å². The number of sulfone groups is 1. The van der Waals surface area contributed by atoms with Gasteiger partial charge in [0.05, 0.1) is 27.2 Å². The lowest BCUT2D eigenvalue weighted by molar-refractivity contribution is -0.136. The Bertz CT molecular complexity index is 1500. The van der Waals surface area contributed by atoms with Crippen molar-refractivity contribution in [3.8, 4) is 28.5 Å². The average molecular weight is 452 g/mol. The van der Waals surface area contributed by atoms with Crippen LogP contribution in [0.25, 0.3) is 33.3 Å². The van der Waals surface area contributed by atoms with Crippen LogP contribution in [0.15, 0.2) is 77.7 Å². The second-order valence-electron chi connectivity index (χ2n) is 7.22. The predicted molar refractivity (Wildman–Crippen MR) is 115 cm³/mol. The Morgan fingerprint density at radius 1 is 0.906 bits per heavy atom. The van der Waals surface area contributed by atoms with Crippen molar-refractivity contribution in [3.05, 3.63) is 83.9 Å². The van der Waals surface area contributed by atoms with Gasteiger partial charge < -0.3 is 0 Å². The second kappa shape index (κ2) is 7.77. The fraction of sp³-hybridized carbons (Fsp3) is 0.0833. The molecule has 0 aliphatic carbocycles. The van der Waals surface area contributed by atoms with Crippen LogP contribution in [0.1, 0.15) is 11.1 Å². The SMILES string of the molecule is CS(=O)(=O)c1ccccc1-c1cccc(-c2nc3c(C(F)(F)F)cccc3cc2C#N)c1. The molecule has 0 atom stereocenters. The summed E-state index contributed by atoms with van der Waals surface area (Å²) in [4.78, 5) is 4.36. The van der Waals surface area contributed by atoms with E-state index in [1.54, 1.807) is 42.5 Å². The number of fused-ring (bicyclic) bond motifs is 1. The van der Waals surface area contributed by atoms with E-state index < -0.39 is 21.6 Å². The van der Waals surface area contributed by atoms with Gasteiger partial charge in [0.25, 0.3) is 0 Å². The smallest absolute Gasteiger partial charge is 0.246 e. The van der Waals surface area contributed by atoms with Crippen molar-refractivity contribution < 1.29 is 21.6 Å². The van der Waals surface area contributed by atoms with Gasteiger partial charge in [0.15, 0.2) is 9.84 Å². The summed E-state index contributed by atoms with van der Waals surface area (Å²) in [7, 11) is -3.52. The number of aromatic nitrogens is 1. The van der Waals surface area contributed by atoms with Gasteiger partial charge >= 0.3 is 6.18 Å². The highest BCUT2D eigenvalue weighted by molar-refractivity contribution is 7.90. The van der Waals surface area contributed by atoms with Gasteiger partial charge in [-0.25, -0.2) is 13.4 Å². The van der Waals surface area contributed by atoms with Crippen molar-refractivity contribution in [1.29, 1.82) is 5.26 Å². The molecule has 0 aliphatic heterocycles. The van der Waals surface area contributed by atoms with Crippen molar-refractivity contribution in [2.75, 3.05) is 6.26 Å². The summed E-state index contributed by atoms with van der Waals surface area (Å²) in [5, 5.41) is 9.82. The Kier molecular flexibility index (Phi) is 5.23. The van der Waals surface area contributed by atoms with Gasteiger partial charge in [-0.1, -0.05) is 48.5 Å². The average Bonchev–Trinajstić information content (AvgIpc) is 2.76. The highest BCUT2D eigenvalue weighted by Crippen LogP contribution is 2.37. The molecule has 8 heteroatoms. The van der Waals surface area contributed by atoms with Crippen LogP contribution in [-0.2, 0) is 16.0 Å². The van der Waals surface area contributed by atoms with Crippen LogP contribution in [0.5, 0.6) is 0 Å². The number of rotatable bonds is 3. The minimum Gasteiger partial charge on any atom is -0.246 e. The zero-order valence-electron chi connectivity index (χ0n) is 16.7. The maximum absolute atomic E-state index is 13.5. The Hall–Kier alpha value is -3.70. The molecule has 4 nitrogen and oxygen atoms in total. The van der Waals surface area contributed by atoms with Crippen LogP contribution in [0.3, 0.4) is 0 Å². The maximum atomic E-state index is 13.5. The molecule has 1 aromatic heterocycles. The number of nitrogens with zero attached hydrogens (tertiary/aromatic N) is 2. The van der Waals surface area contributed by atoms with Gasteiger partial charge in [-0.3, -0.25) is 0 Å². The summed E-state index contributed by atoms with van der Waals surface area (Å²) >= 11 is 0. The zero-order chi connectivity index (χ0) is 23.1. The monoisotopic (exact) mass is 452 g/mol. The van der Waals surface area contributed by atoms with Gasteiger partial charge in [0.1, 0.15) is 6.07 Å². The van der Waals surface area contributed by atoms with Crippen molar-refractivity contribution in [2.24, 2.45) is 0 Å². The lowest BCUT2D eigenvalue weighted by atomic mass is 9.98. The highest BCUT2D eigenvalue weighted by Gasteiger charge is 2.33. The third-order valence-corrected chi connectivity index (χ3v) is 6.16. The number of alkyl halides is 3. The Morgan fingerprint density at radius 2 is 1.59 bits per heavy atom. The van der Waals surface area contributed by atoms with Crippen LogP contribution < -0.4 is 0 Å². The van der Waals surface area contributed by atoms with Crippen molar-refractivity contribution in [3.63, 3.8) is 0 Å². The van der Waals surface area contributed by atoms with Crippen LogP contribution in [-0.4, -0.2) is 19.7 Å². The number of pyridine rings is 1. The van der Waals surface area contributed by atoms with Crippen molar-refractivity contribution in [2.45, 2.75) is 11.1 Å². The number of halogens is 3. The lowest BCUT2D eigenvalue weighted by Gasteiger charge is -2.13. The molecule has 0 radical (unpaired) electrons. The number of hydrogen-bond acceptors (Lipinski definition) is 4. The van der Waals surface area contributed by atoms with Gasteiger partial charge in [0, 0.05) is 22.8 Å². The third kappa shape index (κ3) is 3.95. The Balaban J connectivity index is 1.97. The predicted octanol–water partition coefficient (Wildman–Crippen LogP) is 5.86. The number of nitriles is 1. The summed E-state index contributed by atoms with van der Waals surface area (Å²) < 4.78 is 64.9. The van der Waals surface area contributed by atoms with E-state index in [0.29, 0.717) is 16.7 Å². The molecule has 0 amide bonds. The molecule has 0 saturated heterocycles. The lowest BCUT2D eigenvalue weighted by Crippen LogP contribution is -2.07. The summed E-state index contributed by atoms with van der Waals surface area (Å²) in [5.41, 5.74) is 0.461. The molecule has 4 aromatic rings. The second-order valence-corrected chi connectivity index (χ2v) is 9.20. The number of para-hydroxylation sites is 1. The molecule has 160 valence electrons. The summed E-state index contributed by atoms with van der Waals surface area (Å²) in [6.07, 6.45) is -3.50. The number of hydrogen-bond donors (Lipinski definition) is 0. The number of benzene rings is 3. The van der Waals surface area contributed by atoms with E-state index >= 15 is 0 Å². The van der Waals surface area contributed by atoms with E-state index in [2.05, 4.69) is 4.98 Å². The molecule has 0 aliphatic rings. The van der Waals surface area contributed by atoms with E-state index in [4.69, 9.17) is 0 Å². The van der Waals surface area contributed by atoms with Crippen LogP contribution in [0.2, 0.25) is 0 Å². The molecule has 0 bridgehead atoms. The van der Waals surface area contributed by atoms with E-state index in [-0.39, 0.29) is 27.1 Å². The van der Waals surface area contributed by atoms with E-state index in [9.17, 15) is 26.9 Å². The Labute approximate surface area is 182 Å². The summed E-state index contributed by atoms with van der Waals surface area (Å²) in [6, 6.07) is 20.1. The largest absolute Gasteiger partial charge is 0.418 e. The molecule has 0 saturated carbocycles. The first kappa shape index (κ1) is 21.5. The van der Waals surface area contributed by atoms with Crippen LogP contribution in [0.4, 0.5) is 13.2 Å². The standard InChI is InChI=1S/C24H15F3N2O2S/c1-32(30,31)21-11-3-2-9-19(21)15-6-4-7-16(12-15)22-18(14-28)13-17-8-5-10-20(23(17)29-22)24(25,26)27/h2-13H,1H3. The molecule has 0 spiro atoms. The van der Waals surface area contributed by atoms with Crippen molar-refractivity contribution >= 4 is 20.7 Å². The third-order valence-electron chi connectivity index (χ3n) is 5.01. The van der Waals surface area contributed by atoms with E-state index in [1.165, 1.54) is 24.3 Å². The van der Waals surface area contributed by atoms with E-state index in [0.717, 1.165) is 12.3 Å². The first-order valence-corrected chi connectivity index (χ1v) is 11.3. The van der Waals surface area contributed by atoms with Gasteiger partial charge in [0.2, 0.25) is 0 Å². The zero-order valence-corrected chi connectivity index (χ0v) is 17.5. The molecule has 3 aromatic carbocycles. The van der Waals surface area contributed by atoms with Crippen LogP contribution in [0, 0.1) is 11.3 Å².